The summed E-state index contributed by atoms with van der Waals surface area (Å²) in [4.78, 5) is 5.21. The van der Waals surface area contributed by atoms with Gasteiger partial charge in [-0.15, -0.1) is 0 Å². The molecule has 0 amide bonds. The molecule has 0 saturated carbocycles. The van der Waals surface area contributed by atoms with Crippen LogP contribution in [0.5, 0.6) is 0 Å². The summed E-state index contributed by atoms with van der Waals surface area (Å²) in [5, 5.41) is 21.5. The van der Waals surface area contributed by atoms with Crippen molar-refractivity contribution in [1.29, 1.82) is 5.26 Å². The van der Waals surface area contributed by atoms with Crippen LogP contribution in [0.25, 0.3) is 60.6 Å². The summed E-state index contributed by atoms with van der Waals surface area (Å²) in [7, 11) is 0. The van der Waals surface area contributed by atoms with Gasteiger partial charge in [0.1, 0.15) is 29.3 Å². The third kappa shape index (κ3) is 4.95. The van der Waals surface area contributed by atoms with E-state index < -0.39 is 0 Å². The molecule has 1 aliphatic heterocycles. The fraction of sp³-hybridized carbons (Fsp3) is 0.0435. The van der Waals surface area contributed by atoms with E-state index in [1.54, 1.807) is 0 Å². The molecule has 52 heavy (non-hydrogen) atoms. The summed E-state index contributed by atoms with van der Waals surface area (Å²) >= 11 is 0. The van der Waals surface area contributed by atoms with Crippen molar-refractivity contribution in [1.82, 2.24) is 15.2 Å². The molecule has 246 valence electrons. The van der Waals surface area contributed by atoms with Crippen molar-refractivity contribution in [3.8, 4) is 22.9 Å². The maximum absolute atomic E-state index is 9.84. The SMILES string of the molecule is N#Cc1ccc2c(c1)c1ccc(-c3cccc4c3oc3ccccc34)cc1n2-c1cccc(C2N=C(c3ccccc3)NC(c3ccccc3)N2)c1. The first kappa shape index (κ1) is 29.9. The average molecular weight is 670 g/mol. The highest BCUT2D eigenvalue weighted by Crippen LogP contribution is 2.40. The van der Waals surface area contributed by atoms with Gasteiger partial charge in [-0.25, -0.2) is 4.99 Å². The number of hydrogen-bond acceptors (Lipinski definition) is 5. The summed E-state index contributed by atoms with van der Waals surface area (Å²) in [5.74, 6) is 0.842. The lowest BCUT2D eigenvalue weighted by Gasteiger charge is -2.32. The lowest BCUT2D eigenvalue weighted by atomic mass is 10.0. The van der Waals surface area contributed by atoms with Crippen molar-refractivity contribution in [2.75, 3.05) is 0 Å². The summed E-state index contributed by atoms with van der Waals surface area (Å²) in [6.07, 6.45) is -0.440. The molecule has 2 atom stereocenters. The van der Waals surface area contributed by atoms with E-state index in [-0.39, 0.29) is 12.3 Å². The molecule has 0 fully saturated rings. The minimum atomic E-state index is -0.304. The zero-order chi connectivity index (χ0) is 34.6. The number of benzene rings is 7. The van der Waals surface area contributed by atoms with Crippen molar-refractivity contribution in [3.05, 3.63) is 186 Å². The number of nitrogens with one attached hydrogen (secondary N) is 2. The van der Waals surface area contributed by atoms with Crippen molar-refractivity contribution in [2.45, 2.75) is 12.3 Å². The quantitative estimate of drug-likeness (QED) is 0.191. The molecular formula is C46H31N5O. The molecule has 1 aliphatic rings. The van der Waals surface area contributed by atoms with E-state index in [0.717, 1.165) is 83.1 Å². The van der Waals surface area contributed by atoms with Crippen LogP contribution in [0, 0.1) is 11.3 Å². The third-order valence-electron chi connectivity index (χ3n) is 10.1. The Labute approximate surface area is 299 Å². The van der Waals surface area contributed by atoms with Crippen LogP contribution in [-0.2, 0) is 0 Å². The molecule has 0 bridgehead atoms. The highest BCUT2D eigenvalue weighted by Gasteiger charge is 2.26. The van der Waals surface area contributed by atoms with Gasteiger partial charge >= 0.3 is 0 Å². The molecule has 7 aromatic carbocycles. The summed E-state index contributed by atoms with van der Waals surface area (Å²) in [5.41, 5.74) is 10.8. The number of rotatable bonds is 5. The Morgan fingerprint density at radius 3 is 2.23 bits per heavy atom. The van der Waals surface area contributed by atoms with Crippen LogP contribution in [0.4, 0.5) is 0 Å². The molecule has 0 saturated heterocycles. The summed E-state index contributed by atoms with van der Waals surface area (Å²) in [6.45, 7) is 0. The minimum Gasteiger partial charge on any atom is -0.455 e. The molecule has 3 heterocycles. The smallest absolute Gasteiger partial charge is 0.143 e. The van der Waals surface area contributed by atoms with E-state index in [1.807, 2.05) is 54.6 Å². The van der Waals surface area contributed by atoms with Crippen LogP contribution in [0.15, 0.2) is 173 Å². The van der Waals surface area contributed by atoms with E-state index >= 15 is 0 Å². The Morgan fingerprint density at radius 1 is 0.596 bits per heavy atom. The number of furan rings is 1. The molecule has 0 radical (unpaired) electrons. The van der Waals surface area contributed by atoms with Gasteiger partial charge in [0.25, 0.3) is 0 Å². The van der Waals surface area contributed by atoms with Gasteiger partial charge < -0.3 is 14.3 Å². The first-order valence-corrected chi connectivity index (χ1v) is 17.4. The molecule has 0 spiro atoms. The number of aliphatic imine (C=N–C) groups is 1. The van der Waals surface area contributed by atoms with Crippen LogP contribution in [0.2, 0.25) is 0 Å². The number of para-hydroxylation sites is 2. The fourth-order valence-corrected chi connectivity index (χ4v) is 7.63. The van der Waals surface area contributed by atoms with E-state index in [1.165, 1.54) is 0 Å². The molecule has 10 rings (SSSR count). The van der Waals surface area contributed by atoms with Gasteiger partial charge in [-0.3, -0.25) is 5.32 Å². The van der Waals surface area contributed by atoms with E-state index in [0.29, 0.717) is 5.56 Å². The van der Waals surface area contributed by atoms with Crippen LogP contribution >= 0.6 is 0 Å². The number of fused-ring (bicyclic) bond motifs is 6. The summed E-state index contributed by atoms with van der Waals surface area (Å²) in [6, 6.07) is 58.7. The highest BCUT2D eigenvalue weighted by atomic mass is 16.3. The van der Waals surface area contributed by atoms with Gasteiger partial charge in [-0.1, -0.05) is 121 Å². The third-order valence-corrected chi connectivity index (χ3v) is 10.1. The second kappa shape index (κ2) is 12.1. The first-order valence-electron chi connectivity index (χ1n) is 17.4. The van der Waals surface area contributed by atoms with Crippen molar-refractivity contribution in [3.63, 3.8) is 0 Å². The zero-order valence-corrected chi connectivity index (χ0v) is 28.0. The van der Waals surface area contributed by atoms with E-state index in [9.17, 15) is 5.26 Å². The van der Waals surface area contributed by atoms with Crippen LogP contribution in [0.1, 0.15) is 34.6 Å². The Kier molecular flexibility index (Phi) is 6.98. The Morgan fingerprint density at radius 2 is 1.37 bits per heavy atom. The molecule has 0 aliphatic carbocycles. The average Bonchev–Trinajstić information content (AvgIpc) is 3.76. The van der Waals surface area contributed by atoms with E-state index in [2.05, 4.69) is 130 Å². The number of amidine groups is 1. The van der Waals surface area contributed by atoms with Crippen LogP contribution < -0.4 is 10.6 Å². The van der Waals surface area contributed by atoms with Crippen molar-refractivity contribution >= 4 is 49.6 Å². The zero-order valence-electron chi connectivity index (χ0n) is 28.0. The Balaban J connectivity index is 1.14. The normalized spacial score (nSPS) is 15.9. The maximum Gasteiger partial charge on any atom is 0.143 e. The number of nitriles is 1. The number of nitrogens with zero attached hydrogens (tertiary/aromatic N) is 3. The number of hydrogen-bond donors (Lipinski definition) is 2. The minimum absolute atomic E-state index is 0.135. The van der Waals surface area contributed by atoms with Crippen LogP contribution in [-0.4, -0.2) is 10.4 Å². The lowest BCUT2D eigenvalue weighted by molar-refractivity contribution is 0.409. The molecule has 2 aromatic heterocycles. The Hall–Kier alpha value is -6.94. The largest absolute Gasteiger partial charge is 0.455 e. The van der Waals surface area contributed by atoms with Gasteiger partial charge in [0, 0.05) is 38.4 Å². The van der Waals surface area contributed by atoms with E-state index in [4.69, 9.17) is 9.41 Å². The first-order chi connectivity index (χ1) is 25.7. The molecule has 6 nitrogen and oxygen atoms in total. The monoisotopic (exact) mass is 669 g/mol. The molecule has 9 aromatic rings. The van der Waals surface area contributed by atoms with Crippen LogP contribution in [0.3, 0.4) is 0 Å². The van der Waals surface area contributed by atoms with Crippen molar-refractivity contribution < 1.29 is 4.42 Å². The molecule has 2 unspecified atom stereocenters. The number of aromatic nitrogens is 1. The lowest BCUT2D eigenvalue weighted by Crippen LogP contribution is -2.44. The molecule has 2 N–H and O–H groups in total. The maximum atomic E-state index is 9.84. The summed E-state index contributed by atoms with van der Waals surface area (Å²) < 4.78 is 8.75. The second-order valence-corrected chi connectivity index (χ2v) is 13.2. The Bertz CT molecular complexity index is 2880. The standard InChI is InChI=1S/C46H31N5O/c47-28-29-21-24-40-39(25-29)36-23-22-32(35-18-10-19-38-37-17-7-8-20-42(37)52-43(35)38)27-41(36)51(40)34-16-9-15-33(26-34)46-49-44(30-11-3-1-4-12-30)48-45(50-46)31-13-5-2-6-14-31/h1-27,44,46,49H,(H,48,50). The van der Waals surface area contributed by atoms with Gasteiger partial charge in [0.15, 0.2) is 0 Å². The van der Waals surface area contributed by atoms with Crippen molar-refractivity contribution in [2.24, 2.45) is 4.99 Å². The predicted octanol–water partition coefficient (Wildman–Crippen LogP) is 10.6. The van der Waals surface area contributed by atoms with Gasteiger partial charge in [-0.05, 0) is 59.2 Å². The molecule has 6 heteroatoms. The van der Waals surface area contributed by atoms with Gasteiger partial charge in [-0.2, -0.15) is 5.26 Å². The topological polar surface area (TPSA) is 78.3 Å². The molecular weight excluding hydrogens is 639 g/mol. The van der Waals surface area contributed by atoms with Gasteiger partial charge in [0.05, 0.1) is 22.7 Å². The highest BCUT2D eigenvalue weighted by molar-refractivity contribution is 6.13. The second-order valence-electron chi connectivity index (χ2n) is 13.2. The fourth-order valence-electron chi connectivity index (χ4n) is 7.63. The predicted molar refractivity (Wildman–Crippen MR) is 209 cm³/mol. The van der Waals surface area contributed by atoms with Gasteiger partial charge in [0.2, 0.25) is 0 Å².